The molecule has 7 nitrogen and oxygen atoms in total. The zero-order valence-electron chi connectivity index (χ0n) is 12.3. The molecule has 21 heavy (non-hydrogen) atoms. The predicted octanol–water partition coefficient (Wildman–Crippen LogP) is 0.345. The maximum absolute atomic E-state index is 12.3. The molecule has 1 saturated heterocycles. The van der Waals surface area contributed by atoms with Gasteiger partial charge in [0.15, 0.2) is 5.70 Å². The molecule has 2 N–H and O–H groups in total. The summed E-state index contributed by atoms with van der Waals surface area (Å²) in [5.74, 6) is -1.20. The third kappa shape index (κ3) is 3.06. The first-order valence-corrected chi connectivity index (χ1v) is 7.52. The van der Waals surface area contributed by atoms with Gasteiger partial charge in [-0.05, 0) is 20.8 Å². The number of amides is 1. The topological polar surface area (TPSA) is 98.9 Å². The molecule has 2 atom stereocenters. The third-order valence-corrected chi connectivity index (χ3v) is 4.11. The van der Waals surface area contributed by atoms with Gasteiger partial charge in [0.25, 0.3) is 0 Å². The summed E-state index contributed by atoms with van der Waals surface area (Å²) < 4.78 is 10.4. The van der Waals surface area contributed by atoms with Gasteiger partial charge in [0.2, 0.25) is 5.91 Å². The summed E-state index contributed by atoms with van der Waals surface area (Å²) in [4.78, 5) is 36.7. The highest BCUT2D eigenvalue weighted by Crippen LogP contribution is 2.40. The van der Waals surface area contributed by atoms with Crippen LogP contribution >= 0.6 is 11.8 Å². The summed E-state index contributed by atoms with van der Waals surface area (Å²) in [6.45, 7) is 6.39. The van der Waals surface area contributed by atoms with Gasteiger partial charge in [-0.25, -0.2) is 4.79 Å². The van der Waals surface area contributed by atoms with Crippen LogP contribution < -0.4 is 5.73 Å². The molecule has 0 saturated carbocycles. The van der Waals surface area contributed by atoms with Crippen LogP contribution in [0.3, 0.4) is 0 Å². The Morgan fingerprint density at radius 2 is 2.00 bits per heavy atom. The van der Waals surface area contributed by atoms with Gasteiger partial charge in [-0.2, -0.15) is 0 Å². The summed E-state index contributed by atoms with van der Waals surface area (Å²) in [7, 11) is 0. The highest BCUT2D eigenvalue weighted by atomic mass is 32.2. The second kappa shape index (κ2) is 5.34. The van der Waals surface area contributed by atoms with Crippen LogP contribution in [-0.4, -0.2) is 45.5 Å². The van der Waals surface area contributed by atoms with Gasteiger partial charge in [0.1, 0.15) is 22.8 Å². The maximum Gasteiger partial charge on any atom is 0.359 e. The SMILES string of the molecule is CC(=O)OC1=C(C(=O)OC(C)(C)C)N2C(=O)C(N)C2SC1. The lowest BCUT2D eigenvalue weighted by atomic mass is 10.1. The molecule has 0 bridgehead atoms. The fourth-order valence-corrected chi connectivity index (χ4v) is 3.26. The Morgan fingerprint density at radius 1 is 1.38 bits per heavy atom. The van der Waals surface area contributed by atoms with Gasteiger partial charge in [-0.15, -0.1) is 11.8 Å². The summed E-state index contributed by atoms with van der Waals surface area (Å²) in [5, 5.41) is -0.320. The number of hydrogen-bond donors (Lipinski definition) is 1. The van der Waals surface area contributed by atoms with Crippen LogP contribution in [0.1, 0.15) is 27.7 Å². The molecule has 116 valence electrons. The molecule has 2 aliphatic heterocycles. The number of ether oxygens (including phenoxy) is 2. The average molecular weight is 314 g/mol. The molecule has 0 radical (unpaired) electrons. The Labute approximate surface area is 126 Å². The molecule has 2 heterocycles. The van der Waals surface area contributed by atoms with Crippen molar-refractivity contribution in [2.45, 2.75) is 44.7 Å². The summed E-state index contributed by atoms with van der Waals surface area (Å²) >= 11 is 1.35. The van der Waals surface area contributed by atoms with E-state index in [0.717, 1.165) is 0 Å². The maximum atomic E-state index is 12.3. The number of thioether (sulfide) groups is 1. The van der Waals surface area contributed by atoms with E-state index < -0.39 is 23.6 Å². The van der Waals surface area contributed by atoms with Gasteiger partial charge in [-0.1, -0.05) is 0 Å². The first-order chi connectivity index (χ1) is 9.61. The predicted molar refractivity (Wildman–Crippen MR) is 75.7 cm³/mol. The van der Waals surface area contributed by atoms with Crippen molar-refractivity contribution in [1.82, 2.24) is 4.90 Å². The van der Waals surface area contributed by atoms with Crippen molar-refractivity contribution in [2.75, 3.05) is 5.75 Å². The third-order valence-electron chi connectivity index (χ3n) is 2.83. The Bertz CT molecular complexity index is 537. The average Bonchev–Trinajstić information content (AvgIpc) is 2.34. The van der Waals surface area contributed by atoms with Crippen LogP contribution in [0.15, 0.2) is 11.5 Å². The Balaban J connectivity index is 2.35. The minimum atomic E-state index is -0.721. The zero-order valence-corrected chi connectivity index (χ0v) is 13.2. The van der Waals surface area contributed by atoms with Crippen LogP contribution in [0.25, 0.3) is 0 Å². The highest BCUT2D eigenvalue weighted by Gasteiger charge is 2.53. The van der Waals surface area contributed by atoms with Crippen molar-refractivity contribution in [1.29, 1.82) is 0 Å². The molecule has 1 fully saturated rings. The number of rotatable bonds is 2. The van der Waals surface area contributed by atoms with Crippen molar-refractivity contribution < 1.29 is 23.9 Å². The van der Waals surface area contributed by atoms with Gasteiger partial charge >= 0.3 is 11.9 Å². The van der Waals surface area contributed by atoms with E-state index in [-0.39, 0.29) is 28.5 Å². The lowest BCUT2D eigenvalue weighted by molar-refractivity contribution is -0.158. The van der Waals surface area contributed by atoms with Crippen molar-refractivity contribution >= 4 is 29.6 Å². The molecule has 2 aliphatic rings. The molecule has 0 aromatic carbocycles. The molecule has 0 aliphatic carbocycles. The molecule has 8 heteroatoms. The second-order valence-electron chi connectivity index (χ2n) is 5.80. The van der Waals surface area contributed by atoms with Crippen molar-refractivity contribution in [3.8, 4) is 0 Å². The molecule has 2 unspecified atom stereocenters. The molecule has 0 spiro atoms. The van der Waals surface area contributed by atoms with E-state index in [1.165, 1.54) is 23.6 Å². The Morgan fingerprint density at radius 3 is 2.52 bits per heavy atom. The number of hydrogen-bond acceptors (Lipinski definition) is 7. The first-order valence-electron chi connectivity index (χ1n) is 6.47. The normalized spacial score (nSPS) is 25.2. The zero-order chi connectivity index (χ0) is 15.9. The van der Waals surface area contributed by atoms with E-state index in [9.17, 15) is 14.4 Å². The Kier molecular flexibility index (Phi) is 4.03. The fourth-order valence-electron chi connectivity index (χ4n) is 2.06. The van der Waals surface area contributed by atoms with Gasteiger partial charge in [0.05, 0.1) is 5.75 Å². The lowest BCUT2D eigenvalue weighted by Crippen LogP contribution is -2.68. The quantitative estimate of drug-likeness (QED) is 0.580. The summed E-state index contributed by atoms with van der Waals surface area (Å²) in [6, 6.07) is -0.647. The van der Waals surface area contributed by atoms with Crippen LogP contribution in [-0.2, 0) is 23.9 Å². The van der Waals surface area contributed by atoms with Crippen molar-refractivity contribution in [3.05, 3.63) is 11.5 Å². The van der Waals surface area contributed by atoms with E-state index in [0.29, 0.717) is 0 Å². The molecule has 2 rings (SSSR count). The van der Waals surface area contributed by atoms with Gasteiger partial charge in [0, 0.05) is 6.92 Å². The van der Waals surface area contributed by atoms with Crippen LogP contribution in [0.5, 0.6) is 0 Å². The highest BCUT2D eigenvalue weighted by molar-refractivity contribution is 8.00. The molecule has 0 aromatic heterocycles. The standard InChI is InChI=1S/C13H18N2O5S/c1-6(16)19-7-5-21-11-8(14)10(17)15(11)9(7)12(18)20-13(2,3)4/h8,11H,5,14H2,1-4H3. The molecule has 0 aromatic rings. The van der Waals surface area contributed by atoms with Gasteiger partial charge in [-0.3, -0.25) is 14.5 Å². The number of β-lactam (4-membered cyclic amide) rings is 1. The summed E-state index contributed by atoms with van der Waals surface area (Å²) in [5.41, 5.74) is 4.98. The molecular weight excluding hydrogens is 296 g/mol. The van der Waals surface area contributed by atoms with E-state index in [1.807, 2.05) is 0 Å². The molecule has 1 amide bonds. The minimum absolute atomic E-state index is 0.0180. The van der Waals surface area contributed by atoms with Gasteiger partial charge < -0.3 is 15.2 Å². The summed E-state index contributed by atoms with van der Waals surface area (Å²) in [6.07, 6.45) is 0. The number of carbonyl (C=O) groups excluding carboxylic acids is 3. The van der Waals surface area contributed by atoms with Crippen molar-refractivity contribution in [3.63, 3.8) is 0 Å². The van der Waals surface area contributed by atoms with E-state index in [4.69, 9.17) is 15.2 Å². The molecular formula is C13H18N2O5S. The monoisotopic (exact) mass is 314 g/mol. The largest absolute Gasteiger partial charge is 0.455 e. The first kappa shape index (κ1) is 15.8. The second-order valence-corrected chi connectivity index (χ2v) is 6.91. The smallest absolute Gasteiger partial charge is 0.359 e. The van der Waals surface area contributed by atoms with Crippen molar-refractivity contribution in [2.24, 2.45) is 5.73 Å². The van der Waals surface area contributed by atoms with Crippen LogP contribution in [0.2, 0.25) is 0 Å². The van der Waals surface area contributed by atoms with E-state index in [1.54, 1.807) is 20.8 Å². The van der Waals surface area contributed by atoms with E-state index >= 15 is 0 Å². The van der Waals surface area contributed by atoms with Crippen LogP contribution in [0.4, 0.5) is 0 Å². The number of esters is 2. The minimum Gasteiger partial charge on any atom is -0.455 e. The number of carbonyl (C=O) groups is 3. The Hall–Kier alpha value is -1.54. The lowest BCUT2D eigenvalue weighted by Gasteiger charge is -2.47. The number of nitrogens with two attached hydrogens (primary N) is 1. The van der Waals surface area contributed by atoms with Crippen LogP contribution in [0, 0.1) is 0 Å². The number of fused-ring (bicyclic) bond motifs is 1. The number of nitrogens with zero attached hydrogens (tertiary/aromatic N) is 1. The van der Waals surface area contributed by atoms with E-state index in [2.05, 4.69) is 0 Å². The fraction of sp³-hybridized carbons (Fsp3) is 0.615.